The molecule has 1 amide bonds. The number of anilines is 1. The number of hydrogen-bond donors (Lipinski definition) is 1. The second kappa shape index (κ2) is 7.54. The average molecular weight is 315 g/mol. The van der Waals surface area contributed by atoms with E-state index in [9.17, 15) is 14.0 Å². The number of carbonyl (C=O) groups excluding carboxylic acids is 2. The molecule has 2 aromatic carbocycles. The van der Waals surface area contributed by atoms with E-state index in [1.807, 2.05) is 6.92 Å². The van der Waals surface area contributed by atoms with Crippen molar-refractivity contribution in [3.8, 4) is 5.75 Å². The van der Waals surface area contributed by atoms with Crippen LogP contribution in [0, 0.1) is 5.82 Å². The minimum Gasteiger partial charge on any atom is -0.492 e. The molecule has 4 nitrogen and oxygen atoms in total. The van der Waals surface area contributed by atoms with Crippen LogP contribution in [-0.4, -0.2) is 18.3 Å². The maximum atomic E-state index is 12.9. The average Bonchev–Trinajstić information content (AvgIpc) is 2.51. The molecule has 0 spiro atoms. The predicted molar refractivity (Wildman–Crippen MR) is 86.3 cm³/mol. The van der Waals surface area contributed by atoms with E-state index in [1.54, 1.807) is 30.3 Å². The predicted octanol–water partition coefficient (Wildman–Crippen LogP) is 3.61. The second-order valence-corrected chi connectivity index (χ2v) is 5.05. The van der Waals surface area contributed by atoms with Crippen LogP contribution < -0.4 is 10.1 Å². The van der Waals surface area contributed by atoms with Crippen molar-refractivity contribution in [1.29, 1.82) is 0 Å². The van der Waals surface area contributed by atoms with Gasteiger partial charge >= 0.3 is 0 Å². The highest BCUT2D eigenvalue weighted by atomic mass is 19.1. The van der Waals surface area contributed by atoms with Crippen LogP contribution >= 0.6 is 0 Å². The Hall–Kier alpha value is -2.69. The van der Waals surface area contributed by atoms with Gasteiger partial charge in [-0.2, -0.15) is 0 Å². The number of Topliss-reactive ketones (excluding diaryl/α,β-unsaturated/α-hetero) is 1. The fourth-order valence-corrected chi connectivity index (χ4v) is 2.11. The Bertz CT molecular complexity index is 711. The molecule has 2 rings (SSSR count). The molecule has 0 heterocycles. The Balaban J connectivity index is 2.16. The normalized spacial score (nSPS) is 10.2. The lowest BCUT2D eigenvalue weighted by Gasteiger charge is -2.12. The highest BCUT2D eigenvalue weighted by Crippen LogP contribution is 2.26. The van der Waals surface area contributed by atoms with E-state index in [0.717, 1.165) is 0 Å². The van der Waals surface area contributed by atoms with Crippen LogP contribution in [0.2, 0.25) is 0 Å². The summed E-state index contributed by atoms with van der Waals surface area (Å²) in [6.45, 7) is 3.74. The molecule has 0 radical (unpaired) electrons. The molecule has 0 aliphatic rings. The lowest BCUT2D eigenvalue weighted by atomic mass is 10.1. The summed E-state index contributed by atoms with van der Waals surface area (Å²) in [5.74, 6) is -0.202. The second-order valence-electron chi connectivity index (χ2n) is 5.05. The molecular formula is C18H18FNO3. The van der Waals surface area contributed by atoms with Crippen LogP contribution in [0.1, 0.15) is 29.8 Å². The fourth-order valence-electron chi connectivity index (χ4n) is 2.11. The van der Waals surface area contributed by atoms with Crippen LogP contribution in [0.5, 0.6) is 5.75 Å². The molecule has 0 aromatic heterocycles. The van der Waals surface area contributed by atoms with Crippen LogP contribution in [-0.2, 0) is 11.2 Å². The summed E-state index contributed by atoms with van der Waals surface area (Å²) in [5, 5.41) is 2.74. The van der Waals surface area contributed by atoms with Crippen LogP contribution in [0.4, 0.5) is 10.1 Å². The van der Waals surface area contributed by atoms with E-state index in [1.165, 1.54) is 19.1 Å². The van der Waals surface area contributed by atoms with Gasteiger partial charge in [-0.1, -0.05) is 12.1 Å². The lowest BCUT2D eigenvalue weighted by molar-refractivity contribution is -0.115. The Morgan fingerprint density at radius 2 is 1.83 bits per heavy atom. The highest BCUT2D eigenvalue weighted by molar-refractivity contribution is 5.98. The zero-order valence-corrected chi connectivity index (χ0v) is 13.1. The van der Waals surface area contributed by atoms with Crippen LogP contribution in [0.15, 0.2) is 42.5 Å². The van der Waals surface area contributed by atoms with Gasteiger partial charge < -0.3 is 10.1 Å². The monoisotopic (exact) mass is 315 g/mol. The van der Waals surface area contributed by atoms with Gasteiger partial charge in [-0.05, 0) is 49.7 Å². The van der Waals surface area contributed by atoms with E-state index in [4.69, 9.17) is 4.74 Å². The molecule has 0 saturated carbocycles. The molecule has 5 heteroatoms. The van der Waals surface area contributed by atoms with Gasteiger partial charge in [0.05, 0.1) is 18.7 Å². The van der Waals surface area contributed by atoms with E-state index in [-0.39, 0.29) is 23.9 Å². The number of halogens is 1. The summed E-state index contributed by atoms with van der Waals surface area (Å²) in [6.07, 6.45) is 0.107. The van der Waals surface area contributed by atoms with Crippen LogP contribution in [0.25, 0.3) is 0 Å². The van der Waals surface area contributed by atoms with Gasteiger partial charge in [-0.25, -0.2) is 4.39 Å². The molecule has 0 aliphatic heterocycles. The van der Waals surface area contributed by atoms with Crippen molar-refractivity contribution in [1.82, 2.24) is 0 Å². The molecule has 0 saturated heterocycles. The molecule has 0 bridgehead atoms. The number of ketones is 1. The molecule has 0 atom stereocenters. The standard InChI is InChI=1S/C18H18FNO3/c1-3-23-17-9-6-14(12(2)21)11-16(17)20-18(22)10-13-4-7-15(19)8-5-13/h4-9,11H,3,10H2,1-2H3,(H,20,22). The number of nitrogens with one attached hydrogen (secondary N) is 1. The molecule has 2 aromatic rings. The maximum absolute atomic E-state index is 12.9. The quantitative estimate of drug-likeness (QED) is 0.829. The minimum absolute atomic E-state index is 0.0953. The van der Waals surface area contributed by atoms with Crippen molar-refractivity contribution in [2.24, 2.45) is 0 Å². The van der Waals surface area contributed by atoms with Crippen molar-refractivity contribution >= 4 is 17.4 Å². The van der Waals surface area contributed by atoms with Gasteiger partial charge in [0.15, 0.2) is 5.78 Å². The molecule has 0 unspecified atom stereocenters. The first-order valence-corrected chi connectivity index (χ1v) is 7.31. The summed E-state index contributed by atoms with van der Waals surface area (Å²) in [6, 6.07) is 10.6. The topological polar surface area (TPSA) is 55.4 Å². The third-order valence-electron chi connectivity index (χ3n) is 3.24. The third kappa shape index (κ3) is 4.64. The summed E-state index contributed by atoms with van der Waals surface area (Å²) in [5.41, 5.74) is 1.64. The van der Waals surface area contributed by atoms with Crippen molar-refractivity contribution in [3.63, 3.8) is 0 Å². The number of ether oxygens (including phenoxy) is 1. The van der Waals surface area contributed by atoms with Gasteiger partial charge in [0.25, 0.3) is 0 Å². The first-order valence-electron chi connectivity index (χ1n) is 7.31. The molecule has 120 valence electrons. The summed E-state index contributed by atoms with van der Waals surface area (Å²) in [4.78, 5) is 23.6. The van der Waals surface area contributed by atoms with Gasteiger partial charge in [0.2, 0.25) is 5.91 Å². The SMILES string of the molecule is CCOc1ccc(C(C)=O)cc1NC(=O)Cc1ccc(F)cc1. The largest absolute Gasteiger partial charge is 0.492 e. The number of hydrogen-bond acceptors (Lipinski definition) is 3. The molecule has 1 N–H and O–H groups in total. The number of rotatable bonds is 6. The van der Waals surface area contributed by atoms with E-state index < -0.39 is 0 Å². The molecule has 0 aliphatic carbocycles. The Labute approximate surface area is 134 Å². The van der Waals surface area contributed by atoms with Gasteiger partial charge in [-0.3, -0.25) is 9.59 Å². The molecule has 0 fully saturated rings. The van der Waals surface area contributed by atoms with Gasteiger partial charge in [0, 0.05) is 5.56 Å². The molecular weight excluding hydrogens is 297 g/mol. The Kier molecular flexibility index (Phi) is 5.46. The first-order chi connectivity index (χ1) is 11.0. The minimum atomic E-state index is -0.345. The zero-order chi connectivity index (χ0) is 16.8. The van der Waals surface area contributed by atoms with Crippen molar-refractivity contribution in [2.75, 3.05) is 11.9 Å². The van der Waals surface area contributed by atoms with E-state index in [0.29, 0.717) is 29.2 Å². The van der Waals surface area contributed by atoms with Crippen LogP contribution in [0.3, 0.4) is 0 Å². The van der Waals surface area contributed by atoms with E-state index in [2.05, 4.69) is 5.32 Å². The smallest absolute Gasteiger partial charge is 0.228 e. The number of amides is 1. The maximum Gasteiger partial charge on any atom is 0.228 e. The highest BCUT2D eigenvalue weighted by Gasteiger charge is 2.11. The number of carbonyl (C=O) groups is 2. The van der Waals surface area contributed by atoms with Crippen molar-refractivity contribution in [3.05, 3.63) is 59.4 Å². The fraction of sp³-hybridized carbons (Fsp3) is 0.222. The Morgan fingerprint density at radius 1 is 1.13 bits per heavy atom. The zero-order valence-electron chi connectivity index (χ0n) is 13.1. The summed E-state index contributed by atoms with van der Waals surface area (Å²) < 4.78 is 18.3. The summed E-state index contributed by atoms with van der Waals surface area (Å²) >= 11 is 0. The van der Waals surface area contributed by atoms with E-state index >= 15 is 0 Å². The lowest BCUT2D eigenvalue weighted by Crippen LogP contribution is -2.15. The van der Waals surface area contributed by atoms with Gasteiger partial charge in [-0.15, -0.1) is 0 Å². The third-order valence-corrected chi connectivity index (χ3v) is 3.24. The van der Waals surface area contributed by atoms with Crippen molar-refractivity contribution in [2.45, 2.75) is 20.3 Å². The van der Waals surface area contributed by atoms with Gasteiger partial charge in [0.1, 0.15) is 11.6 Å². The Morgan fingerprint density at radius 3 is 2.43 bits per heavy atom. The molecule has 23 heavy (non-hydrogen) atoms. The summed E-state index contributed by atoms with van der Waals surface area (Å²) in [7, 11) is 0. The first kappa shape index (κ1) is 16.7. The number of benzene rings is 2. The van der Waals surface area contributed by atoms with Crippen molar-refractivity contribution < 1.29 is 18.7 Å².